The first kappa shape index (κ1) is 111. The molecule has 0 radical (unpaired) electrons. The number of benzene rings is 1. The van der Waals surface area contributed by atoms with Gasteiger partial charge in [0.2, 0.25) is 88.6 Å². The van der Waals surface area contributed by atoms with Gasteiger partial charge < -0.3 is 131 Å². The normalized spacial score (nSPS) is 14.8. The highest BCUT2D eigenvalue weighted by Gasteiger charge is 2.40. The molecule has 0 spiro atoms. The van der Waals surface area contributed by atoms with Gasteiger partial charge in [0.1, 0.15) is 78.5 Å². The molecule has 0 unspecified atom stereocenters. The molecule has 41 heteroatoms. The third-order valence-corrected chi connectivity index (χ3v) is 20.9. The standard InChI is InChI=1S/C85H152N26O15/c1-15-52(14)70(111-77(120)58(30-20-23-35-88)101-73(116)56(28-18-21-33-86)99-67(113)45-98-72(115)62(39-47(4)5)106-74(117)57(29-19-22-34-87)102-80(123)65(100-66(112)43-89)42-53-44-97-55-27-17-16-26-54(53)55)83(126)108-64(41-49(8)9)79(122)104-60(32-25-37-96-85(93)94)76(119)110-69(51(12)13)82(125)107-63(40-48(6)7)78(121)103-59(31-24-36-95-84(91)92)75(118)109-68(50(10)11)81(124)105-61(71(90)114)38-46(2)3/h16-17,26-27,44,46-52,56-65,68-70,97H,15,18-25,28-43,45,86-89H2,1-14H3,(H2,90,114)(H,98,115)(H,99,113)(H,100,112)(H,101,116)(H,102,123)(H,103,121)(H,104,122)(H,105,124)(H,106,117)(H,107,125)(H,108,126)(H,109,118)(H,110,119)(H,111,120)(H4,91,92,95)(H4,93,94,96)/t52-,56-,57-,58-,59-,60-,61-,62-,63-,64-,65-,68-,69-,70-/m0/s1. The molecule has 0 aliphatic heterocycles. The van der Waals surface area contributed by atoms with Gasteiger partial charge in [-0.2, -0.15) is 0 Å². The van der Waals surface area contributed by atoms with Crippen LogP contribution in [0.25, 0.3) is 10.9 Å². The van der Waals surface area contributed by atoms with Crippen molar-refractivity contribution in [2.75, 3.05) is 45.8 Å². The van der Waals surface area contributed by atoms with Crippen LogP contribution in [-0.2, 0) is 78.3 Å². The zero-order chi connectivity index (χ0) is 95.0. The third kappa shape index (κ3) is 42.5. The second-order valence-electron chi connectivity index (χ2n) is 34.7. The maximum absolute atomic E-state index is 14.9. The van der Waals surface area contributed by atoms with Crippen LogP contribution in [0.2, 0.25) is 0 Å². The Kier molecular flexibility index (Phi) is 52.3. The lowest BCUT2D eigenvalue weighted by Gasteiger charge is -2.31. The lowest BCUT2D eigenvalue weighted by molar-refractivity contribution is -0.137. The molecule has 1 aromatic carbocycles. The van der Waals surface area contributed by atoms with E-state index in [4.69, 9.17) is 51.6 Å². The number of carbonyl (C=O) groups is 15. The van der Waals surface area contributed by atoms with Crippen LogP contribution in [0.4, 0.5) is 0 Å². The molecule has 41 nitrogen and oxygen atoms in total. The summed E-state index contributed by atoms with van der Waals surface area (Å²) in [4.78, 5) is 224. The monoisotopic (exact) mass is 1780 g/mol. The Bertz CT molecular complexity index is 3860. The molecule has 2 rings (SSSR count). The minimum absolute atomic E-state index is 0.0000718. The van der Waals surface area contributed by atoms with Crippen molar-refractivity contribution in [3.05, 3.63) is 36.0 Å². The zero-order valence-electron chi connectivity index (χ0n) is 76.5. The molecule has 0 saturated heterocycles. The van der Waals surface area contributed by atoms with Gasteiger partial charge in [-0.3, -0.25) is 81.9 Å². The number of hydrogen-bond donors (Lipinski definition) is 24. The minimum Gasteiger partial charge on any atom is -0.370 e. The van der Waals surface area contributed by atoms with Gasteiger partial charge in [-0.25, -0.2) is 0 Å². The van der Waals surface area contributed by atoms with E-state index in [0.29, 0.717) is 50.5 Å². The lowest BCUT2D eigenvalue weighted by atomic mass is 9.95. The number of hydrogen-bond acceptors (Lipinski definition) is 21. The predicted molar refractivity (Wildman–Crippen MR) is 484 cm³/mol. The van der Waals surface area contributed by atoms with Gasteiger partial charge in [0.25, 0.3) is 0 Å². The fourth-order valence-electron chi connectivity index (χ4n) is 13.9. The molecule has 0 fully saturated rings. The quantitative estimate of drug-likeness (QED) is 0.0187. The van der Waals surface area contributed by atoms with Crippen LogP contribution in [0.1, 0.15) is 218 Å². The number of unbranched alkanes of at least 4 members (excludes halogenated alkanes) is 3. The topological polar surface area (TPSA) is 699 Å². The third-order valence-electron chi connectivity index (χ3n) is 20.9. The van der Waals surface area contributed by atoms with Crippen molar-refractivity contribution in [3.63, 3.8) is 0 Å². The first-order chi connectivity index (χ1) is 59.4. The van der Waals surface area contributed by atoms with Crippen molar-refractivity contribution in [1.82, 2.24) is 79.4 Å². The van der Waals surface area contributed by atoms with Crippen molar-refractivity contribution in [3.8, 4) is 0 Å². The van der Waals surface area contributed by atoms with Gasteiger partial charge in [0.15, 0.2) is 11.9 Å². The SMILES string of the molecule is CC[C@H](C)[C@H](NC(=O)[C@H](CCCCN)NC(=O)[C@H](CCCCN)NC(=O)CNC(=O)[C@H](CC(C)C)NC(=O)[C@H](CCCCN)NC(=O)[C@H](Cc1c[nH]c2ccccc12)NC(=O)CN)C(=O)N[C@@H](CC(C)C)C(=O)N[C@@H](CCCN=C(N)N)C(=O)N[C@H](C(=O)N[C@@H](CC(C)C)C(=O)N[C@@H](CCCN=C(N)N)C(=O)N[C@H](C(=O)N[C@@H](CC(C)C)C(N)=O)C(C)C)C(C)C. The Hall–Kier alpha value is -10.8. The van der Waals surface area contributed by atoms with Crippen LogP contribution < -0.4 is 126 Å². The molecule has 712 valence electrons. The Morgan fingerprint density at radius 1 is 0.349 bits per heavy atom. The average molecular weight is 1780 g/mol. The van der Waals surface area contributed by atoms with Crippen LogP contribution in [0, 0.1) is 41.4 Å². The zero-order valence-corrected chi connectivity index (χ0v) is 76.5. The van der Waals surface area contributed by atoms with Gasteiger partial charge in [-0.05, 0) is 182 Å². The highest BCUT2D eigenvalue weighted by atomic mass is 16.2. The van der Waals surface area contributed by atoms with Crippen LogP contribution in [0.3, 0.4) is 0 Å². The molecule has 1 heterocycles. The maximum atomic E-state index is 14.9. The van der Waals surface area contributed by atoms with Crippen LogP contribution in [0.5, 0.6) is 0 Å². The summed E-state index contributed by atoms with van der Waals surface area (Å²) in [5.41, 5.74) is 52.9. The molecular formula is C85H152N26O15. The average Bonchev–Trinajstić information content (AvgIpc) is 1.50. The van der Waals surface area contributed by atoms with Crippen molar-refractivity contribution in [1.29, 1.82) is 0 Å². The van der Waals surface area contributed by atoms with Gasteiger partial charge in [0.05, 0.1) is 13.1 Å². The highest BCUT2D eigenvalue weighted by Crippen LogP contribution is 2.22. The Morgan fingerprint density at radius 3 is 1.04 bits per heavy atom. The van der Waals surface area contributed by atoms with E-state index in [1.807, 2.05) is 52.0 Å². The Labute approximate surface area is 741 Å². The van der Waals surface area contributed by atoms with Gasteiger partial charge >= 0.3 is 0 Å². The molecule has 1 aromatic heterocycles. The van der Waals surface area contributed by atoms with E-state index >= 15 is 0 Å². The number of H-pyrrole nitrogens is 1. The molecule has 14 atom stereocenters. The second-order valence-corrected chi connectivity index (χ2v) is 34.7. The number of nitrogens with two attached hydrogens (primary N) is 9. The number of guanidine groups is 2. The molecule has 0 aliphatic carbocycles. The van der Waals surface area contributed by atoms with E-state index in [1.54, 1.807) is 75.4 Å². The van der Waals surface area contributed by atoms with Gasteiger partial charge in [-0.1, -0.05) is 122 Å². The van der Waals surface area contributed by atoms with E-state index in [-0.39, 0.29) is 145 Å². The van der Waals surface area contributed by atoms with Gasteiger partial charge in [0, 0.05) is 36.6 Å². The summed E-state index contributed by atoms with van der Waals surface area (Å²) in [6.45, 7) is 24.3. The van der Waals surface area contributed by atoms with E-state index < -0.39 is 198 Å². The number of carbonyl (C=O) groups excluding carboxylic acids is 15. The van der Waals surface area contributed by atoms with Crippen LogP contribution in [0.15, 0.2) is 40.4 Å². The number of nitrogens with zero attached hydrogens (tertiary/aromatic N) is 2. The number of aromatic amines is 1. The van der Waals surface area contributed by atoms with E-state index in [0.717, 1.165) is 10.9 Å². The first-order valence-corrected chi connectivity index (χ1v) is 44.4. The molecule has 2 aromatic rings. The van der Waals surface area contributed by atoms with E-state index in [2.05, 4.69) is 89.4 Å². The summed E-state index contributed by atoms with van der Waals surface area (Å²) in [6, 6.07) is -9.27. The maximum Gasteiger partial charge on any atom is 0.243 e. The van der Waals surface area contributed by atoms with Crippen molar-refractivity contribution >= 4 is 111 Å². The molecule has 15 amide bonds. The van der Waals surface area contributed by atoms with E-state index in [1.165, 1.54) is 0 Å². The second kappa shape index (κ2) is 59.2. The number of primary amides is 1. The summed E-state index contributed by atoms with van der Waals surface area (Å²) >= 11 is 0. The van der Waals surface area contributed by atoms with Crippen molar-refractivity contribution < 1.29 is 71.9 Å². The summed E-state index contributed by atoms with van der Waals surface area (Å²) in [6.07, 6.45) is 5.03. The smallest absolute Gasteiger partial charge is 0.243 e. The summed E-state index contributed by atoms with van der Waals surface area (Å²) < 4.78 is 0. The summed E-state index contributed by atoms with van der Waals surface area (Å²) in [5.74, 6) is -14.5. The number of nitrogens with one attached hydrogen (secondary N) is 15. The van der Waals surface area contributed by atoms with Gasteiger partial charge in [-0.15, -0.1) is 0 Å². The number of para-hydroxylation sites is 1. The fraction of sp³-hybridized carbons (Fsp3) is 0.706. The number of aromatic nitrogens is 1. The number of amides is 15. The Balaban J connectivity index is 2.52. The van der Waals surface area contributed by atoms with Crippen molar-refractivity contribution in [2.24, 2.45) is 103 Å². The molecular weight excluding hydrogens is 1630 g/mol. The van der Waals surface area contributed by atoms with Crippen molar-refractivity contribution in [2.45, 2.75) is 297 Å². The van der Waals surface area contributed by atoms with E-state index in [9.17, 15) is 71.9 Å². The molecule has 0 bridgehead atoms. The largest absolute Gasteiger partial charge is 0.370 e. The number of fused-ring (bicyclic) bond motifs is 1. The number of rotatable bonds is 63. The molecule has 33 N–H and O–H groups in total. The van der Waals surface area contributed by atoms with Crippen LogP contribution >= 0.6 is 0 Å². The fourth-order valence-corrected chi connectivity index (χ4v) is 13.9. The lowest BCUT2D eigenvalue weighted by Crippen LogP contribution is -2.62. The Morgan fingerprint density at radius 2 is 0.667 bits per heavy atom. The number of aliphatic imine (C=N–C) groups is 2. The molecule has 126 heavy (non-hydrogen) atoms. The minimum atomic E-state index is -1.43. The highest BCUT2D eigenvalue weighted by molar-refractivity contribution is 6.01. The first-order valence-electron chi connectivity index (χ1n) is 44.4. The molecule has 0 aliphatic rings. The van der Waals surface area contributed by atoms with Crippen LogP contribution in [-0.4, -0.2) is 230 Å². The summed E-state index contributed by atoms with van der Waals surface area (Å²) in [5, 5.41) is 39.0. The predicted octanol–water partition coefficient (Wildman–Crippen LogP) is -2.39. The molecule has 0 saturated carbocycles. The summed E-state index contributed by atoms with van der Waals surface area (Å²) in [7, 11) is 0.